The quantitative estimate of drug-likeness (QED) is 0.756. The molecule has 0 fully saturated rings. The molecule has 90 valence electrons. The van der Waals surface area contributed by atoms with Gasteiger partial charge >= 0.3 is 0 Å². The Hall–Kier alpha value is -0.380. The second-order valence-corrected chi connectivity index (χ2v) is 5.01. The van der Waals surface area contributed by atoms with Crippen molar-refractivity contribution in [1.29, 1.82) is 0 Å². The van der Waals surface area contributed by atoms with E-state index in [4.69, 9.17) is 5.73 Å². The fourth-order valence-corrected chi connectivity index (χ4v) is 1.85. The molecule has 0 amide bonds. The summed E-state index contributed by atoms with van der Waals surface area (Å²) in [5.74, 6) is 0.616. The maximum Gasteiger partial charge on any atom is 0.0175 e. The molecule has 1 aromatic carbocycles. The molecule has 0 aliphatic heterocycles. The minimum Gasteiger partial charge on any atom is -0.330 e. The molecule has 2 nitrogen and oxygen atoms in total. The van der Waals surface area contributed by atoms with Crippen molar-refractivity contribution < 1.29 is 0 Å². The van der Waals surface area contributed by atoms with Crippen LogP contribution in [-0.4, -0.2) is 19.6 Å². The maximum absolute atomic E-state index is 5.65. The van der Waals surface area contributed by atoms with Gasteiger partial charge in [0.2, 0.25) is 0 Å². The highest BCUT2D eigenvalue weighted by Gasteiger charge is 2.02. The molecule has 0 aliphatic carbocycles. The van der Waals surface area contributed by atoms with Crippen LogP contribution in [0.3, 0.4) is 0 Å². The van der Waals surface area contributed by atoms with Crippen LogP contribution >= 0.6 is 15.9 Å². The number of halogens is 1. The topological polar surface area (TPSA) is 38.0 Å². The van der Waals surface area contributed by atoms with E-state index in [1.807, 2.05) is 0 Å². The van der Waals surface area contributed by atoms with Crippen molar-refractivity contribution in [2.24, 2.45) is 11.7 Å². The Morgan fingerprint density at radius 1 is 1.31 bits per heavy atom. The Kier molecular flexibility index (Phi) is 6.69. The van der Waals surface area contributed by atoms with Crippen molar-refractivity contribution in [3.8, 4) is 0 Å². The first-order valence-electron chi connectivity index (χ1n) is 5.91. The molecule has 0 saturated heterocycles. The fourth-order valence-electron chi connectivity index (χ4n) is 1.58. The Balaban J connectivity index is 2.18. The van der Waals surface area contributed by atoms with E-state index in [9.17, 15) is 0 Å². The number of hydrogen-bond acceptors (Lipinski definition) is 2. The first-order valence-corrected chi connectivity index (χ1v) is 6.70. The van der Waals surface area contributed by atoms with E-state index >= 15 is 0 Å². The van der Waals surface area contributed by atoms with Crippen molar-refractivity contribution in [2.45, 2.75) is 19.8 Å². The summed E-state index contributed by atoms with van der Waals surface area (Å²) in [5.41, 5.74) is 7.02. The first-order chi connectivity index (χ1) is 7.76. The number of nitrogens with one attached hydrogen (secondary N) is 1. The molecular formula is C13H21BrN2. The maximum atomic E-state index is 5.65. The smallest absolute Gasteiger partial charge is 0.0175 e. The van der Waals surface area contributed by atoms with Crippen LogP contribution in [0.2, 0.25) is 0 Å². The SMILES string of the molecule is CCC(CN)CNCCc1ccc(Br)cc1. The zero-order chi connectivity index (χ0) is 11.8. The third kappa shape index (κ3) is 5.10. The van der Waals surface area contributed by atoms with Crippen LogP contribution in [0.1, 0.15) is 18.9 Å². The van der Waals surface area contributed by atoms with Crippen LogP contribution in [-0.2, 0) is 6.42 Å². The highest BCUT2D eigenvalue weighted by atomic mass is 79.9. The normalized spacial score (nSPS) is 12.7. The third-order valence-electron chi connectivity index (χ3n) is 2.85. The minimum atomic E-state index is 0.616. The van der Waals surface area contributed by atoms with Crippen molar-refractivity contribution in [1.82, 2.24) is 5.32 Å². The van der Waals surface area contributed by atoms with Gasteiger partial charge in [-0.15, -0.1) is 0 Å². The zero-order valence-corrected chi connectivity index (χ0v) is 11.5. The Morgan fingerprint density at radius 2 is 2.00 bits per heavy atom. The predicted molar refractivity (Wildman–Crippen MR) is 73.6 cm³/mol. The van der Waals surface area contributed by atoms with Gasteiger partial charge in [0.25, 0.3) is 0 Å². The fraction of sp³-hybridized carbons (Fsp3) is 0.538. The Labute approximate surface area is 107 Å². The summed E-state index contributed by atoms with van der Waals surface area (Å²) in [7, 11) is 0. The van der Waals surface area contributed by atoms with Crippen molar-refractivity contribution in [2.75, 3.05) is 19.6 Å². The highest BCUT2D eigenvalue weighted by molar-refractivity contribution is 9.10. The largest absolute Gasteiger partial charge is 0.330 e. The Morgan fingerprint density at radius 3 is 2.56 bits per heavy atom. The standard InChI is InChI=1S/C13H21BrN2/c1-2-11(9-15)10-16-8-7-12-3-5-13(14)6-4-12/h3-6,11,16H,2,7-10,15H2,1H3. The van der Waals surface area contributed by atoms with Gasteiger partial charge in [-0.05, 0) is 49.7 Å². The number of hydrogen-bond donors (Lipinski definition) is 2. The van der Waals surface area contributed by atoms with Gasteiger partial charge in [0.15, 0.2) is 0 Å². The van der Waals surface area contributed by atoms with E-state index in [-0.39, 0.29) is 0 Å². The van der Waals surface area contributed by atoms with E-state index < -0.39 is 0 Å². The van der Waals surface area contributed by atoms with Gasteiger partial charge in [-0.3, -0.25) is 0 Å². The molecule has 0 aliphatic rings. The molecule has 1 rings (SSSR count). The zero-order valence-electron chi connectivity index (χ0n) is 9.88. The van der Waals surface area contributed by atoms with Gasteiger partial charge < -0.3 is 11.1 Å². The van der Waals surface area contributed by atoms with E-state index in [1.54, 1.807) is 0 Å². The third-order valence-corrected chi connectivity index (χ3v) is 3.38. The van der Waals surface area contributed by atoms with E-state index in [0.29, 0.717) is 5.92 Å². The lowest BCUT2D eigenvalue weighted by Crippen LogP contribution is -2.29. The highest BCUT2D eigenvalue weighted by Crippen LogP contribution is 2.10. The summed E-state index contributed by atoms with van der Waals surface area (Å²) in [6, 6.07) is 8.49. The summed E-state index contributed by atoms with van der Waals surface area (Å²) < 4.78 is 1.14. The van der Waals surface area contributed by atoms with E-state index in [1.165, 1.54) is 5.56 Å². The Bertz CT molecular complexity index is 280. The number of nitrogens with two attached hydrogens (primary N) is 1. The van der Waals surface area contributed by atoms with Crippen LogP contribution in [0.25, 0.3) is 0 Å². The van der Waals surface area contributed by atoms with Crippen LogP contribution in [0.5, 0.6) is 0 Å². The molecule has 3 heteroatoms. The first kappa shape index (κ1) is 13.7. The summed E-state index contributed by atoms with van der Waals surface area (Å²) in [6.07, 6.45) is 2.23. The minimum absolute atomic E-state index is 0.616. The molecule has 1 unspecified atom stereocenters. The van der Waals surface area contributed by atoms with Crippen LogP contribution in [0, 0.1) is 5.92 Å². The van der Waals surface area contributed by atoms with Crippen LogP contribution in [0.15, 0.2) is 28.7 Å². The molecule has 0 aromatic heterocycles. The molecule has 0 saturated carbocycles. The summed E-state index contributed by atoms with van der Waals surface area (Å²) in [5, 5.41) is 3.46. The summed E-state index contributed by atoms with van der Waals surface area (Å²) in [6.45, 7) is 5.03. The molecule has 0 bridgehead atoms. The van der Waals surface area contributed by atoms with Crippen LogP contribution < -0.4 is 11.1 Å². The van der Waals surface area contributed by atoms with Gasteiger partial charge in [-0.1, -0.05) is 41.4 Å². The molecule has 1 aromatic rings. The predicted octanol–water partition coefficient (Wildman–Crippen LogP) is 2.57. The lowest BCUT2D eigenvalue weighted by atomic mass is 10.1. The van der Waals surface area contributed by atoms with Gasteiger partial charge in [0, 0.05) is 4.47 Å². The molecular weight excluding hydrogens is 264 g/mol. The van der Waals surface area contributed by atoms with Gasteiger partial charge in [0.1, 0.15) is 0 Å². The second kappa shape index (κ2) is 7.82. The molecule has 0 spiro atoms. The van der Waals surface area contributed by atoms with Crippen molar-refractivity contribution >= 4 is 15.9 Å². The number of benzene rings is 1. The lowest BCUT2D eigenvalue weighted by Gasteiger charge is -2.12. The lowest BCUT2D eigenvalue weighted by molar-refractivity contribution is 0.474. The van der Waals surface area contributed by atoms with E-state index in [2.05, 4.69) is 52.4 Å². The van der Waals surface area contributed by atoms with E-state index in [0.717, 1.165) is 36.9 Å². The second-order valence-electron chi connectivity index (χ2n) is 4.09. The number of rotatable bonds is 7. The molecule has 1 atom stereocenters. The molecule has 3 N–H and O–H groups in total. The average Bonchev–Trinajstić information content (AvgIpc) is 2.32. The molecule has 0 radical (unpaired) electrons. The van der Waals surface area contributed by atoms with Gasteiger partial charge in [-0.25, -0.2) is 0 Å². The summed E-state index contributed by atoms with van der Waals surface area (Å²) in [4.78, 5) is 0. The average molecular weight is 285 g/mol. The summed E-state index contributed by atoms with van der Waals surface area (Å²) >= 11 is 3.44. The van der Waals surface area contributed by atoms with Gasteiger partial charge in [-0.2, -0.15) is 0 Å². The monoisotopic (exact) mass is 284 g/mol. The molecule has 16 heavy (non-hydrogen) atoms. The molecule has 0 heterocycles. The van der Waals surface area contributed by atoms with Crippen molar-refractivity contribution in [3.63, 3.8) is 0 Å². The van der Waals surface area contributed by atoms with Crippen molar-refractivity contribution in [3.05, 3.63) is 34.3 Å². The van der Waals surface area contributed by atoms with Crippen LogP contribution in [0.4, 0.5) is 0 Å². The van der Waals surface area contributed by atoms with Gasteiger partial charge in [0.05, 0.1) is 0 Å².